The summed E-state index contributed by atoms with van der Waals surface area (Å²) in [7, 11) is 0. The largest absolute Gasteiger partial charge is 0.355 e. The minimum atomic E-state index is 0. The first-order valence-electron chi connectivity index (χ1n) is 5.69. The molecule has 3 N–H and O–H groups in total. The van der Waals surface area contributed by atoms with Gasteiger partial charge in [-0.05, 0) is 31.6 Å². The van der Waals surface area contributed by atoms with Crippen molar-refractivity contribution in [3.8, 4) is 0 Å². The van der Waals surface area contributed by atoms with Gasteiger partial charge in [0.15, 0.2) is 0 Å². The van der Waals surface area contributed by atoms with E-state index in [-0.39, 0.29) is 24.2 Å². The topological polar surface area (TPSA) is 55.1 Å². The lowest BCUT2D eigenvalue weighted by Crippen LogP contribution is -2.37. The van der Waals surface area contributed by atoms with Crippen molar-refractivity contribution in [2.24, 2.45) is 17.6 Å². The summed E-state index contributed by atoms with van der Waals surface area (Å²) in [6.07, 6.45) is 5.35. The summed E-state index contributed by atoms with van der Waals surface area (Å²) in [5.74, 6) is 0.794. The fourth-order valence-corrected chi connectivity index (χ4v) is 2.37. The third-order valence-corrected chi connectivity index (χ3v) is 4.24. The van der Waals surface area contributed by atoms with Crippen LogP contribution in [0.2, 0.25) is 0 Å². The number of hydrogen-bond acceptors (Lipinski definition) is 3. The van der Waals surface area contributed by atoms with E-state index in [9.17, 15) is 4.79 Å². The maximum absolute atomic E-state index is 11.9. The Morgan fingerprint density at radius 3 is 2.81 bits per heavy atom. The molecular formula is C11H23ClN2OS. The van der Waals surface area contributed by atoms with Crippen molar-refractivity contribution < 1.29 is 4.79 Å². The average Bonchev–Trinajstić information content (AvgIpc) is 2.73. The van der Waals surface area contributed by atoms with E-state index in [0.717, 1.165) is 25.8 Å². The molecule has 0 aromatic carbocycles. The molecule has 1 aliphatic carbocycles. The highest BCUT2D eigenvalue weighted by Gasteiger charge is 2.31. The Hall–Kier alpha value is 0.0700. The van der Waals surface area contributed by atoms with Crippen molar-refractivity contribution in [3.63, 3.8) is 0 Å². The molecule has 16 heavy (non-hydrogen) atoms. The van der Waals surface area contributed by atoms with Crippen molar-refractivity contribution in [1.82, 2.24) is 5.32 Å². The highest BCUT2D eigenvalue weighted by Crippen LogP contribution is 2.30. The maximum Gasteiger partial charge on any atom is 0.223 e. The number of carbonyl (C=O) groups is 1. The summed E-state index contributed by atoms with van der Waals surface area (Å²) in [5, 5.41) is 3.52. The predicted molar refractivity (Wildman–Crippen MR) is 73.1 cm³/mol. The number of hydrogen-bond donors (Lipinski definition) is 2. The molecule has 0 radical (unpaired) electrons. The summed E-state index contributed by atoms with van der Waals surface area (Å²) >= 11 is 1.78. The van der Waals surface area contributed by atoms with E-state index in [2.05, 4.69) is 18.5 Å². The van der Waals surface area contributed by atoms with E-state index in [0.29, 0.717) is 17.7 Å². The van der Waals surface area contributed by atoms with Crippen LogP contribution in [0.3, 0.4) is 0 Å². The molecule has 0 heterocycles. The van der Waals surface area contributed by atoms with Crippen molar-refractivity contribution in [2.45, 2.75) is 31.4 Å². The zero-order valence-electron chi connectivity index (χ0n) is 10.1. The van der Waals surface area contributed by atoms with E-state index in [1.807, 2.05) is 0 Å². The Balaban J connectivity index is 0.00000225. The molecule has 5 heteroatoms. The van der Waals surface area contributed by atoms with E-state index >= 15 is 0 Å². The highest BCUT2D eigenvalue weighted by molar-refractivity contribution is 7.99. The van der Waals surface area contributed by atoms with Gasteiger partial charge in [0, 0.05) is 17.7 Å². The van der Waals surface area contributed by atoms with Gasteiger partial charge in [0.1, 0.15) is 0 Å². The number of nitrogens with two attached hydrogens (primary N) is 1. The minimum Gasteiger partial charge on any atom is -0.355 e. The Morgan fingerprint density at radius 1 is 1.56 bits per heavy atom. The molecule has 1 unspecified atom stereocenters. The molecule has 1 fully saturated rings. The lowest BCUT2D eigenvalue weighted by atomic mass is 9.95. The first kappa shape index (κ1) is 16.1. The zero-order valence-corrected chi connectivity index (χ0v) is 11.7. The second-order valence-corrected chi connectivity index (χ2v) is 5.60. The van der Waals surface area contributed by atoms with Crippen LogP contribution in [-0.4, -0.2) is 30.5 Å². The Labute approximate surface area is 109 Å². The van der Waals surface area contributed by atoms with E-state index < -0.39 is 0 Å². The molecule has 1 amide bonds. The molecule has 1 aliphatic rings. The molecule has 0 aliphatic heterocycles. The van der Waals surface area contributed by atoms with Gasteiger partial charge in [-0.25, -0.2) is 0 Å². The molecule has 96 valence electrons. The molecule has 0 spiro atoms. The third-order valence-electron chi connectivity index (χ3n) is 3.26. The van der Waals surface area contributed by atoms with E-state index in [1.165, 1.54) is 0 Å². The third kappa shape index (κ3) is 4.52. The molecule has 0 bridgehead atoms. The van der Waals surface area contributed by atoms with Crippen LogP contribution in [0.4, 0.5) is 0 Å². The lowest BCUT2D eigenvalue weighted by Gasteiger charge is -2.18. The second-order valence-electron chi connectivity index (χ2n) is 4.32. The summed E-state index contributed by atoms with van der Waals surface area (Å²) in [6, 6.07) is 0. The molecule has 0 aromatic heterocycles. The first-order chi connectivity index (χ1) is 7.19. The van der Waals surface area contributed by atoms with Gasteiger partial charge in [0.05, 0.1) is 0 Å². The van der Waals surface area contributed by atoms with Gasteiger partial charge in [0.2, 0.25) is 5.91 Å². The van der Waals surface area contributed by atoms with Crippen LogP contribution < -0.4 is 11.1 Å². The summed E-state index contributed by atoms with van der Waals surface area (Å²) in [4.78, 5) is 11.9. The minimum absolute atomic E-state index is 0. The van der Waals surface area contributed by atoms with Gasteiger partial charge in [-0.15, -0.1) is 12.4 Å². The van der Waals surface area contributed by atoms with Crippen LogP contribution in [0.1, 0.15) is 26.2 Å². The maximum atomic E-state index is 11.9. The number of thioether (sulfide) groups is 1. The van der Waals surface area contributed by atoms with Gasteiger partial charge < -0.3 is 11.1 Å². The SMILES string of the molecule is CSC(C)CNC(=O)[C@@H]1CCC[C@@H]1CN.Cl. The van der Waals surface area contributed by atoms with Gasteiger partial charge in [0.25, 0.3) is 0 Å². The van der Waals surface area contributed by atoms with Crippen molar-refractivity contribution in [3.05, 3.63) is 0 Å². The molecule has 3 atom stereocenters. The quantitative estimate of drug-likeness (QED) is 0.796. The highest BCUT2D eigenvalue weighted by atomic mass is 35.5. The smallest absolute Gasteiger partial charge is 0.223 e. The van der Waals surface area contributed by atoms with E-state index in [1.54, 1.807) is 11.8 Å². The molecule has 0 saturated heterocycles. The summed E-state index contributed by atoms with van der Waals surface area (Å²) < 4.78 is 0. The predicted octanol–water partition coefficient (Wildman–Crippen LogP) is 1.65. The molecule has 3 nitrogen and oxygen atoms in total. The van der Waals surface area contributed by atoms with Crippen molar-refractivity contribution >= 4 is 30.1 Å². The Morgan fingerprint density at radius 2 is 2.25 bits per heavy atom. The Bertz CT molecular complexity index is 216. The zero-order chi connectivity index (χ0) is 11.3. The molecule has 1 rings (SSSR count). The normalized spacial score (nSPS) is 25.9. The van der Waals surface area contributed by atoms with E-state index in [4.69, 9.17) is 5.73 Å². The molecular weight excluding hydrogens is 244 g/mol. The first-order valence-corrected chi connectivity index (χ1v) is 6.98. The van der Waals surface area contributed by atoms with Crippen LogP contribution in [0.5, 0.6) is 0 Å². The van der Waals surface area contributed by atoms with Crippen LogP contribution in [-0.2, 0) is 4.79 Å². The molecule has 0 aromatic rings. The average molecular weight is 267 g/mol. The van der Waals surface area contributed by atoms with Crippen LogP contribution in [0.25, 0.3) is 0 Å². The number of amides is 1. The fourth-order valence-electron chi connectivity index (χ4n) is 2.12. The monoisotopic (exact) mass is 266 g/mol. The number of halogens is 1. The van der Waals surface area contributed by atoms with Crippen LogP contribution in [0.15, 0.2) is 0 Å². The summed E-state index contributed by atoms with van der Waals surface area (Å²) in [6.45, 7) is 3.55. The van der Waals surface area contributed by atoms with Crippen molar-refractivity contribution in [2.75, 3.05) is 19.3 Å². The Kier molecular flexibility index (Phi) is 8.24. The van der Waals surface area contributed by atoms with Gasteiger partial charge in [-0.3, -0.25) is 4.79 Å². The van der Waals surface area contributed by atoms with Gasteiger partial charge >= 0.3 is 0 Å². The standard InChI is InChI=1S/C11H22N2OS.ClH/c1-8(15-2)7-13-11(14)10-5-3-4-9(10)6-12;/h8-10H,3-7,12H2,1-2H3,(H,13,14);1H/t8?,9-,10-;/m1./s1. The van der Waals surface area contributed by atoms with Crippen LogP contribution in [0, 0.1) is 11.8 Å². The summed E-state index contributed by atoms with van der Waals surface area (Å²) in [5.41, 5.74) is 5.66. The number of carbonyl (C=O) groups excluding carboxylic acids is 1. The lowest BCUT2D eigenvalue weighted by molar-refractivity contribution is -0.125. The van der Waals surface area contributed by atoms with Crippen molar-refractivity contribution in [1.29, 1.82) is 0 Å². The number of nitrogens with one attached hydrogen (secondary N) is 1. The number of rotatable bonds is 5. The van der Waals surface area contributed by atoms with Crippen LogP contribution >= 0.6 is 24.2 Å². The second kappa shape index (κ2) is 8.20. The molecule has 1 saturated carbocycles. The fraction of sp³-hybridized carbons (Fsp3) is 0.909. The van der Waals surface area contributed by atoms with Gasteiger partial charge in [-0.2, -0.15) is 11.8 Å². The van der Waals surface area contributed by atoms with Gasteiger partial charge in [-0.1, -0.05) is 13.3 Å².